The van der Waals surface area contributed by atoms with Crippen molar-refractivity contribution in [2.24, 2.45) is 5.92 Å². The Morgan fingerprint density at radius 2 is 1.26 bits per heavy atom. The van der Waals surface area contributed by atoms with Crippen molar-refractivity contribution in [2.45, 2.75) is 116 Å². The molecule has 1 atom stereocenters. The number of rotatable bonds is 15. The maximum atomic E-state index is 5.99. The quantitative estimate of drug-likeness (QED) is 0.241. The van der Waals surface area contributed by atoms with Crippen LogP contribution in [0.25, 0.3) is 0 Å². The van der Waals surface area contributed by atoms with E-state index in [1.165, 1.54) is 103 Å². The van der Waals surface area contributed by atoms with E-state index in [0.29, 0.717) is 5.92 Å². The van der Waals surface area contributed by atoms with E-state index in [4.69, 9.17) is 9.47 Å². The first-order valence-corrected chi connectivity index (χ1v) is 10.5. The Morgan fingerprint density at radius 3 is 1.78 bits per heavy atom. The third-order valence-electron chi connectivity index (χ3n) is 5.30. The third kappa shape index (κ3) is 11.2. The molecular formula is C21H42O2. The maximum absolute atomic E-state index is 5.99. The summed E-state index contributed by atoms with van der Waals surface area (Å²) in [5, 5.41) is 0. The number of ether oxygens (including phenoxy) is 2. The minimum absolute atomic E-state index is 0.0541. The highest BCUT2D eigenvalue weighted by molar-refractivity contribution is 4.68. The second-order valence-electron chi connectivity index (χ2n) is 7.41. The van der Waals surface area contributed by atoms with Gasteiger partial charge in [-0.05, 0) is 19.3 Å². The summed E-state index contributed by atoms with van der Waals surface area (Å²) in [6.07, 6.45) is 22.0. The van der Waals surface area contributed by atoms with E-state index in [1.54, 1.807) is 7.11 Å². The van der Waals surface area contributed by atoms with Gasteiger partial charge in [0.1, 0.15) is 0 Å². The summed E-state index contributed by atoms with van der Waals surface area (Å²) in [6, 6.07) is 0. The van der Waals surface area contributed by atoms with Crippen molar-refractivity contribution in [1.29, 1.82) is 0 Å². The van der Waals surface area contributed by atoms with E-state index in [1.807, 2.05) is 0 Å². The Bertz CT molecular complexity index is 236. The normalized spacial score (nSPS) is 17.5. The zero-order chi connectivity index (χ0) is 16.6. The zero-order valence-corrected chi connectivity index (χ0v) is 16.0. The van der Waals surface area contributed by atoms with Crippen LogP contribution >= 0.6 is 0 Å². The highest BCUT2D eigenvalue weighted by atomic mass is 16.7. The van der Waals surface area contributed by atoms with Gasteiger partial charge in [-0.1, -0.05) is 90.4 Å². The molecule has 2 nitrogen and oxygen atoms in total. The minimum atomic E-state index is 0.0541. The molecule has 0 radical (unpaired) electrons. The summed E-state index contributed by atoms with van der Waals surface area (Å²) in [7, 11) is 1.81. The van der Waals surface area contributed by atoms with E-state index in [9.17, 15) is 0 Å². The van der Waals surface area contributed by atoms with Crippen molar-refractivity contribution in [3.05, 3.63) is 0 Å². The fourth-order valence-corrected chi connectivity index (χ4v) is 3.77. The van der Waals surface area contributed by atoms with Crippen molar-refractivity contribution in [3.8, 4) is 0 Å². The molecule has 1 aliphatic carbocycles. The molecule has 0 heterocycles. The van der Waals surface area contributed by atoms with Crippen LogP contribution in [0.2, 0.25) is 0 Å². The lowest BCUT2D eigenvalue weighted by molar-refractivity contribution is -0.162. The lowest BCUT2D eigenvalue weighted by atomic mass is 9.89. The van der Waals surface area contributed by atoms with Crippen molar-refractivity contribution in [3.63, 3.8) is 0 Å². The van der Waals surface area contributed by atoms with Crippen LogP contribution in [-0.2, 0) is 9.47 Å². The number of hydrogen-bond acceptors (Lipinski definition) is 2. The molecule has 2 heteroatoms. The van der Waals surface area contributed by atoms with Crippen LogP contribution < -0.4 is 0 Å². The molecule has 0 bridgehead atoms. The average molecular weight is 327 g/mol. The molecule has 0 aromatic heterocycles. The Labute approximate surface area is 145 Å². The topological polar surface area (TPSA) is 18.5 Å². The average Bonchev–Trinajstić information content (AvgIpc) is 2.60. The van der Waals surface area contributed by atoms with E-state index in [-0.39, 0.29) is 6.29 Å². The van der Waals surface area contributed by atoms with Gasteiger partial charge in [-0.2, -0.15) is 0 Å². The Morgan fingerprint density at radius 1 is 0.739 bits per heavy atom. The van der Waals surface area contributed by atoms with E-state index < -0.39 is 0 Å². The molecule has 23 heavy (non-hydrogen) atoms. The van der Waals surface area contributed by atoms with Crippen LogP contribution in [0, 0.1) is 5.92 Å². The molecule has 1 saturated carbocycles. The molecule has 1 aliphatic rings. The van der Waals surface area contributed by atoms with E-state index in [0.717, 1.165) is 6.61 Å². The van der Waals surface area contributed by atoms with Gasteiger partial charge in [0.25, 0.3) is 0 Å². The number of hydrogen-bond donors (Lipinski definition) is 0. The minimum Gasteiger partial charge on any atom is -0.356 e. The van der Waals surface area contributed by atoms with Crippen LogP contribution in [0.15, 0.2) is 0 Å². The van der Waals surface area contributed by atoms with Crippen LogP contribution in [-0.4, -0.2) is 20.0 Å². The smallest absolute Gasteiger partial charge is 0.159 e. The van der Waals surface area contributed by atoms with Gasteiger partial charge in [-0.3, -0.25) is 0 Å². The molecule has 1 unspecified atom stereocenters. The van der Waals surface area contributed by atoms with Crippen molar-refractivity contribution in [1.82, 2.24) is 0 Å². The van der Waals surface area contributed by atoms with Crippen molar-refractivity contribution >= 4 is 0 Å². The van der Waals surface area contributed by atoms with Crippen LogP contribution in [0.3, 0.4) is 0 Å². The molecule has 0 aromatic rings. The van der Waals surface area contributed by atoms with Gasteiger partial charge in [0, 0.05) is 19.6 Å². The van der Waals surface area contributed by atoms with Crippen molar-refractivity contribution in [2.75, 3.05) is 13.7 Å². The SMILES string of the molecule is CCCCCCCCCCCCCOC(OC)C1CCCCC1. The van der Waals surface area contributed by atoms with Gasteiger partial charge in [0.2, 0.25) is 0 Å². The van der Waals surface area contributed by atoms with Crippen LogP contribution in [0.4, 0.5) is 0 Å². The first-order chi connectivity index (χ1) is 11.4. The Balaban J connectivity index is 1.84. The maximum Gasteiger partial charge on any atom is 0.159 e. The lowest BCUT2D eigenvalue weighted by Gasteiger charge is -2.29. The van der Waals surface area contributed by atoms with Gasteiger partial charge in [0.05, 0.1) is 0 Å². The second-order valence-corrected chi connectivity index (χ2v) is 7.41. The fraction of sp³-hybridized carbons (Fsp3) is 1.00. The van der Waals surface area contributed by atoms with Gasteiger partial charge < -0.3 is 9.47 Å². The summed E-state index contributed by atoms with van der Waals surface area (Å²) in [5.41, 5.74) is 0. The van der Waals surface area contributed by atoms with Crippen molar-refractivity contribution < 1.29 is 9.47 Å². The molecule has 1 rings (SSSR count). The molecule has 138 valence electrons. The molecule has 0 spiro atoms. The van der Waals surface area contributed by atoms with Gasteiger partial charge in [-0.15, -0.1) is 0 Å². The Hall–Kier alpha value is -0.0800. The van der Waals surface area contributed by atoms with Crippen LogP contribution in [0.5, 0.6) is 0 Å². The molecule has 1 fully saturated rings. The largest absolute Gasteiger partial charge is 0.356 e. The summed E-state index contributed by atoms with van der Waals surface area (Å²) in [6.45, 7) is 3.17. The summed E-state index contributed by atoms with van der Waals surface area (Å²) < 4.78 is 11.6. The number of methoxy groups -OCH3 is 1. The summed E-state index contributed by atoms with van der Waals surface area (Å²) in [4.78, 5) is 0. The summed E-state index contributed by atoms with van der Waals surface area (Å²) >= 11 is 0. The van der Waals surface area contributed by atoms with E-state index in [2.05, 4.69) is 6.92 Å². The van der Waals surface area contributed by atoms with Crippen LogP contribution in [0.1, 0.15) is 110 Å². The zero-order valence-electron chi connectivity index (χ0n) is 16.0. The molecule has 0 saturated heterocycles. The molecule has 0 amide bonds. The highest BCUT2D eigenvalue weighted by Gasteiger charge is 2.23. The summed E-state index contributed by atoms with van der Waals surface area (Å²) in [5.74, 6) is 0.640. The first kappa shape index (κ1) is 21.0. The molecule has 0 aliphatic heterocycles. The lowest BCUT2D eigenvalue weighted by Crippen LogP contribution is -2.28. The van der Waals surface area contributed by atoms with E-state index >= 15 is 0 Å². The van der Waals surface area contributed by atoms with Gasteiger partial charge in [-0.25, -0.2) is 0 Å². The molecular weight excluding hydrogens is 284 g/mol. The monoisotopic (exact) mass is 326 g/mol. The fourth-order valence-electron chi connectivity index (χ4n) is 3.77. The molecule has 0 N–H and O–H groups in total. The standard InChI is InChI=1S/C21H42O2/c1-3-4-5-6-7-8-9-10-11-12-16-19-23-21(22-2)20-17-14-13-15-18-20/h20-21H,3-19H2,1-2H3. The molecule has 0 aromatic carbocycles. The Kier molecular flexibility index (Phi) is 14.1. The highest BCUT2D eigenvalue weighted by Crippen LogP contribution is 2.28. The predicted molar refractivity (Wildman–Crippen MR) is 99.8 cm³/mol. The third-order valence-corrected chi connectivity index (χ3v) is 5.30. The first-order valence-electron chi connectivity index (χ1n) is 10.5. The number of unbranched alkanes of at least 4 members (excludes halogenated alkanes) is 10. The second kappa shape index (κ2) is 15.4. The van der Waals surface area contributed by atoms with Gasteiger partial charge >= 0.3 is 0 Å². The predicted octanol–water partition coefficient (Wildman–Crippen LogP) is 6.87. The van der Waals surface area contributed by atoms with Gasteiger partial charge in [0.15, 0.2) is 6.29 Å².